The molecule has 0 aliphatic rings. The smallest absolute Gasteiger partial charge is 0.326 e. The molecule has 2 amide bonds. The number of carbonyl (C=O) groups excluding carboxylic acids is 1. The maximum Gasteiger partial charge on any atom is 0.326 e. The Bertz CT molecular complexity index is 416. The van der Waals surface area contributed by atoms with E-state index in [9.17, 15) is 14.4 Å². The molecule has 0 aliphatic heterocycles. The second kappa shape index (κ2) is 5.49. The largest absolute Gasteiger partial charge is 0.481 e. The molecule has 0 aromatic carbocycles. The quantitative estimate of drug-likeness (QED) is 0.469. The van der Waals surface area contributed by atoms with Gasteiger partial charge in [-0.15, -0.1) is 0 Å². The maximum atomic E-state index is 11.3. The van der Waals surface area contributed by atoms with Gasteiger partial charge in [0, 0.05) is 6.20 Å². The summed E-state index contributed by atoms with van der Waals surface area (Å²) in [4.78, 5) is 32.3. The Morgan fingerprint density at radius 1 is 1.41 bits per heavy atom. The van der Waals surface area contributed by atoms with Crippen molar-refractivity contribution in [1.29, 1.82) is 0 Å². The molecule has 1 aromatic rings. The number of aliphatic carboxylic acids is 2. The molecule has 0 aliphatic carbocycles. The number of H-pyrrole nitrogens is 1. The number of amides is 2. The number of hydrogen-bond donors (Lipinski definition) is 5. The number of aromatic nitrogens is 2. The van der Waals surface area contributed by atoms with Crippen molar-refractivity contribution in [3.05, 3.63) is 12.4 Å². The number of nitrogens with one attached hydrogen (secondary N) is 3. The number of nitrogens with zero attached hydrogens (tertiary/aromatic N) is 1. The molecule has 1 heterocycles. The summed E-state index contributed by atoms with van der Waals surface area (Å²) < 4.78 is 0. The van der Waals surface area contributed by atoms with Crippen LogP contribution in [0.5, 0.6) is 0 Å². The first-order chi connectivity index (χ1) is 7.99. The molecule has 0 unspecified atom stereocenters. The van der Waals surface area contributed by atoms with Gasteiger partial charge in [-0.3, -0.25) is 9.89 Å². The minimum atomic E-state index is -1.49. The monoisotopic (exact) mass is 242 g/mol. The molecule has 9 heteroatoms. The molecule has 92 valence electrons. The number of urea groups is 1. The van der Waals surface area contributed by atoms with Gasteiger partial charge in [0.1, 0.15) is 6.04 Å². The second-order valence-corrected chi connectivity index (χ2v) is 3.07. The highest BCUT2D eigenvalue weighted by molar-refractivity contribution is 5.93. The van der Waals surface area contributed by atoms with E-state index in [0.717, 1.165) is 0 Å². The number of hydrogen-bond acceptors (Lipinski definition) is 4. The van der Waals surface area contributed by atoms with E-state index in [4.69, 9.17) is 10.2 Å². The average molecular weight is 242 g/mol. The molecule has 9 nitrogen and oxygen atoms in total. The molecule has 5 N–H and O–H groups in total. The highest BCUT2D eigenvalue weighted by atomic mass is 16.4. The maximum absolute atomic E-state index is 11.3. The van der Waals surface area contributed by atoms with Crippen LogP contribution in [0.3, 0.4) is 0 Å². The number of anilines is 1. The van der Waals surface area contributed by atoms with Crippen molar-refractivity contribution in [3.63, 3.8) is 0 Å². The van der Waals surface area contributed by atoms with Crippen LogP contribution in [-0.2, 0) is 9.59 Å². The summed E-state index contributed by atoms with van der Waals surface area (Å²) in [5.74, 6) is -2.74. The minimum absolute atomic E-state index is 0.335. The Hall–Kier alpha value is -2.58. The van der Waals surface area contributed by atoms with Gasteiger partial charge < -0.3 is 20.8 Å². The van der Waals surface area contributed by atoms with Crippen molar-refractivity contribution < 1.29 is 24.6 Å². The van der Waals surface area contributed by atoms with E-state index in [0.29, 0.717) is 5.69 Å². The molecular weight excluding hydrogens is 232 g/mol. The van der Waals surface area contributed by atoms with Crippen LogP contribution in [0.4, 0.5) is 10.5 Å². The Labute approximate surface area is 94.8 Å². The number of aromatic amines is 1. The van der Waals surface area contributed by atoms with Crippen LogP contribution in [0.1, 0.15) is 6.42 Å². The molecule has 17 heavy (non-hydrogen) atoms. The minimum Gasteiger partial charge on any atom is -0.481 e. The summed E-state index contributed by atoms with van der Waals surface area (Å²) >= 11 is 0. The van der Waals surface area contributed by atoms with Gasteiger partial charge in [0.2, 0.25) is 0 Å². The zero-order chi connectivity index (χ0) is 12.8. The number of carbonyl (C=O) groups is 3. The van der Waals surface area contributed by atoms with E-state index in [1.165, 1.54) is 12.4 Å². The summed E-state index contributed by atoms with van der Waals surface area (Å²) in [6.07, 6.45) is 1.99. The van der Waals surface area contributed by atoms with Crippen LogP contribution < -0.4 is 10.6 Å². The van der Waals surface area contributed by atoms with Crippen molar-refractivity contribution in [2.75, 3.05) is 5.32 Å². The standard InChI is InChI=1S/C8H10N4O5/c13-6(14)1-5(7(15)16)12-8(17)11-4-2-9-10-3-4/h2-3,5H,1H2,(H,9,10)(H,13,14)(H,15,16)(H2,11,12,17)/t5-/m1/s1. The van der Waals surface area contributed by atoms with Crippen LogP contribution in [0.2, 0.25) is 0 Å². The molecule has 0 radical (unpaired) electrons. The van der Waals surface area contributed by atoms with Crippen molar-refractivity contribution in [2.24, 2.45) is 0 Å². The first-order valence-corrected chi connectivity index (χ1v) is 4.50. The molecule has 0 saturated heterocycles. The van der Waals surface area contributed by atoms with E-state index in [-0.39, 0.29) is 0 Å². The van der Waals surface area contributed by atoms with Crippen LogP contribution in [0.15, 0.2) is 12.4 Å². The van der Waals surface area contributed by atoms with Crippen LogP contribution >= 0.6 is 0 Å². The van der Waals surface area contributed by atoms with Gasteiger partial charge in [-0.2, -0.15) is 5.10 Å². The summed E-state index contributed by atoms with van der Waals surface area (Å²) in [7, 11) is 0. The fourth-order valence-corrected chi connectivity index (χ4v) is 1.02. The highest BCUT2D eigenvalue weighted by Gasteiger charge is 2.22. The van der Waals surface area contributed by atoms with E-state index in [1.54, 1.807) is 0 Å². The molecular formula is C8H10N4O5. The van der Waals surface area contributed by atoms with Crippen molar-refractivity contribution in [3.8, 4) is 0 Å². The third kappa shape index (κ3) is 4.20. The highest BCUT2D eigenvalue weighted by Crippen LogP contribution is 2.01. The van der Waals surface area contributed by atoms with E-state index >= 15 is 0 Å². The van der Waals surface area contributed by atoms with Gasteiger partial charge in [-0.1, -0.05) is 0 Å². The van der Waals surface area contributed by atoms with Gasteiger partial charge in [0.15, 0.2) is 0 Å². The van der Waals surface area contributed by atoms with E-state index in [1.807, 2.05) is 5.32 Å². The zero-order valence-corrected chi connectivity index (χ0v) is 8.51. The normalized spacial score (nSPS) is 11.5. The molecule has 1 aromatic heterocycles. The molecule has 0 spiro atoms. The fraction of sp³-hybridized carbons (Fsp3) is 0.250. The topological polar surface area (TPSA) is 144 Å². The summed E-state index contributed by atoms with van der Waals surface area (Å²) in [6.45, 7) is 0. The predicted octanol–water partition coefficient (Wildman–Crippen LogP) is -0.541. The van der Waals surface area contributed by atoms with Gasteiger partial charge >= 0.3 is 18.0 Å². The van der Waals surface area contributed by atoms with Crippen LogP contribution in [0.25, 0.3) is 0 Å². The van der Waals surface area contributed by atoms with E-state index in [2.05, 4.69) is 15.5 Å². The van der Waals surface area contributed by atoms with Crippen LogP contribution in [0, 0.1) is 0 Å². The Morgan fingerprint density at radius 2 is 2.12 bits per heavy atom. The van der Waals surface area contributed by atoms with Gasteiger partial charge in [0.25, 0.3) is 0 Å². The summed E-state index contributed by atoms with van der Waals surface area (Å²) in [6, 6.07) is -2.31. The second-order valence-electron chi connectivity index (χ2n) is 3.07. The molecule has 1 atom stereocenters. The Morgan fingerprint density at radius 3 is 2.59 bits per heavy atom. The molecule has 0 bridgehead atoms. The van der Waals surface area contributed by atoms with Gasteiger partial charge in [-0.05, 0) is 0 Å². The third-order valence-corrected chi connectivity index (χ3v) is 1.74. The zero-order valence-electron chi connectivity index (χ0n) is 8.51. The first-order valence-electron chi connectivity index (χ1n) is 4.50. The average Bonchev–Trinajstić information content (AvgIpc) is 2.68. The number of carboxylic acids is 2. The Kier molecular flexibility index (Phi) is 4.03. The van der Waals surface area contributed by atoms with Crippen molar-refractivity contribution >= 4 is 23.7 Å². The lowest BCUT2D eigenvalue weighted by atomic mass is 10.2. The molecule has 0 fully saturated rings. The number of carboxylic acid groups (broad SMARTS) is 2. The first kappa shape index (κ1) is 12.5. The third-order valence-electron chi connectivity index (χ3n) is 1.74. The summed E-state index contributed by atoms with van der Waals surface area (Å²) in [5.41, 5.74) is 0.335. The Balaban J connectivity index is 2.52. The lowest BCUT2D eigenvalue weighted by molar-refractivity contribution is -0.145. The van der Waals surface area contributed by atoms with Gasteiger partial charge in [0.05, 0.1) is 18.3 Å². The van der Waals surface area contributed by atoms with Crippen molar-refractivity contribution in [1.82, 2.24) is 15.5 Å². The lowest BCUT2D eigenvalue weighted by Gasteiger charge is -2.12. The lowest BCUT2D eigenvalue weighted by Crippen LogP contribution is -2.44. The fourth-order valence-electron chi connectivity index (χ4n) is 1.02. The predicted molar refractivity (Wildman–Crippen MR) is 54.4 cm³/mol. The van der Waals surface area contributed by atoms with Gasteiger partial charge in [-0.25, -0.2) is 9.59 Å². The summed E-state index contributed by atoms with van der Waals surface area (Å²) in [5, 5.41) is 27.4. The van der Waals surface area contributed by atoms with E-state index < -0.39 is 30.4 Å². The molecule has 1 rings (SSSR count). The van der Waals surface area contributed by atoms with Crippen molar-refractivity contribution in [2.45, 2.75) is 12.5 Å². The number of rotatable bonds is 5. The molecule has 0 saturated carbocycles. The van der Waals surface area contributed by atoms with Crippen LogP contribution in [-0.4, -0.2) is 44.4 Å². The SMILES string of the molecule is O=C(O)C[C@@H](NC(=O)Nc1cn[nH]c1)C(=O)O.